The third-order valence-corrected chi connectivity index (χ3v) is 3.51. The van der Waals surface area contributed by atoms with Crippen molar-refractivity contribution in [3.8, 4) is 5.75 Å². The number of esters is 1. The van der Waals surface area contributed by atoms with E-state index < -0.39 is 42.7 Å². The first-order valence-electron chi connectivity index (χ1n) is 8.60. The Hall–Kier alpha value is -2.36. The number of carbonyl (C=O) groups excluding carboxylic acids is 1. The lowest BCUT2D eigenvalue weighted by molar-refractivity contribution is -0.233. The second-order valence-corrected chi connectivity index (χ2v) is 6.01. The predicted octanol–water partition coefficient (Wildman–Crippen LogP) is 3.97. The van der Waals surface area contributed by atoms with Gasteiger partial charge in [0, 0.05) is 6.61 Å². The molecule has 0 radical (unpaired) electrons. The summed E-state index contributed by atoms with van der Waals surface area (Å²) in [6.45, 7) is 2.47. The van der Waals surface area contributed by atoms with Crippen LogP contribution in [0, 0.1) is 5.82 Å². The van der Waals surface area contributed by atoms with E-state index in [-0.39, 0.29) is 17.9 Å². The van der Waals surface area contributed by atoms with E-state index in [4.69, 9.17) is 14.6 Å². The quantitative estimate of drug-likeness (QED) is 0.338. The van der Waals surface area contributed by atoms with Crippen LogP contribution in [-0.2, 0) is 14.3 Å². The number of rotatable bonds is 11. The maximum atomic E-state index is 13.7. The molecule has 0 aromatic heterocycles. The predicted molar refractivity (Wildman–Crippen MR) is 89.7 cm³/mol. The molecule has 0 aliphatic heterocycles. The standard InChI is InChI=1S/C18H22F4O6/c1-3-4-5-8-26-15(18(20,21)22)17(25)28-11(2)10-27-14-7-6-12(16(23)24)9-13(14)19/h6-7,9,11,15H,3-5,8,10H2,1-2H3,(H,23,24). The molecule has 158 valence electrons. The summed E-state index contributed by atoms with van der Waals surface area (Å²) < 4.78 is 67.1. The van der Waals surface area contributed by atoms with Crippen molar-refractivity contribution in [1.82, 2.24) is 0 Å². The van der Waals surface area contributed by atoms with E-state index in [1.54, 1.807) is 0 Å². The maximum absolute atomic E-state index is 13.7. The lowest BCUT2D eigenvalue weighted by Gasteiger charge is -2.22. The van der Waals surface area contributed by atoms with Gasteiger partial charge < -0.3 is 19.3 Å². The number of aromatic carboxylic acids is 1. The summed E-state index contributed by atoms with van der Waals surface area (Å²) in [5.74, 6) is -4.23. The number of carboxylic acid groups (broad SMARTS) is 1. The van der Waals surface area contributed by atoms with E-state index in [2.05, 4.69) is 4.74 Å². The normalized spacial score (nSPS) is 13.6. The summed E-state index contributed by atoms with van der Waals surface area (Å²) in [5.41, 5.74) is -0.294. The fourth-order valence-electron chi connectivity index (χ4n) is 2.10. The molecule has 1 N–H and O–H groups in total. The lowest BCUT2D eigenvalue weighted by Crippen LogP contribution is -2.42. The van der Waals surface area contributed by atoms with Crippen molar-refractivity contribution >= 4 is 11.9 Å². The Morgan fingerprint density at radius 1 is 1.21 bits per heavy atom. The zero-order valence-corrected chi connectivity index (χ0v) is 15.4. The minimum Gasteiger partial charge on any atom is -0.487 e. The Bertz CT molecular complexity index is 662. The molecule has 0 heterocycles. The van der Waals surface area contributed by atoms with Crippen molar-refractivity contribution in [2.75, 3.05) is 13.2 Å². The maximum Gasteiger partial charge on any atom is 0.425 e. The fourth-order valence-corrected chi connectivity index (χ4v) is 2.10. The molecule has 0 saturated heterocycles. The summed E-state index contributed by atoms with van der Waals surface area (Å²) in [6, 6.07) is 2.89. The number of unbranched alkanes of at least 4 members (excludes halogenated alkanes) is 2. The van der Waals surface area contributed by atoms with E-state index in [0.29, 0.717) is 12.8 Å². The highest BCUT2D eigenvalue weighted by Crippen LogP contribution is 2.25. The van der Waals surface area contributed by atoms with Crippen molar-refractivity contribution in [2.45, 2.75) is 51.5 Å². The number of benzene rings is 1. The van der Waals surface area contributed by atoms with Crippen molar-refractivity contribution in [3.05, 3.63) is 29.6 Å². The van der Waals surface area contributed by atoms with E-state index in [1.807, 2.05) is 6.92 Å². The molecule has 0 aliphatic carbocycles. The molecule has 0 saturated carbocycles. The molecular weight excluding hydrogens is 388 g/mol. The Labute approximate surface area is 159 Å². The first-order chi connectivity index (χ1) is 13.1. The van der Waals surface area contributed by atoms with Crippen LogP contribution in [-0.4, -0.2) is 48.6 Å². The molecule has 10 heteroatoms. The van der Waals surface area contributed by atoms with Crippen molar-refractivity contribution in [3.63, 3.8) is 0 Å². The van der Waals surface area contributed by atoms with Crippen molar-refractivity contribution < 1.29 is 46.5 Å². The molecule has 0 amide bonds. The minimum absolute atomic E-state index is 0.237. The Morgan fingerprint density at radius 3 is 2.43 bits per heavy atom. The van der Waals surface area contributed by atoms with Crippen LogP contribution < -0.4 is 4.74 Å². The van der Waals surface area contributed by atoms with Gasteiger partial charge in [-0.1, -0.05) is 19.8 Å². The molecule has 0 fully saturated rings. The average molecular weight is 410 g/mol. The van der Waals surface area contributed by atoms with Gasteiger partial charge in [0.05, 0.1) is 5.56 Å². The Morgan fingerprint density at radius 2 is 1.89 bits per heavy atom. The highest BCUT2D eigenvalue weighted by Gasteiger charge is 2.47. The average Bonchev–Trinajstić information content (AvgIpc) is 2.59. The highest BCUT2D eigenvalue weighted by molar-refractivity contribution is 5.87. The number of carbonyl (C=O) groups is 2. The number of alkyl halides is 3. The Kier molecular flexibility index (Phi) is 9.17. The molecule has 0 aliphatic rings. The largest absolute Gasteiger partial charge is 0.487 e. The number of hydrogen-bond donors (Lipinski definition) is 1. The molecule has 2 atom stereocenters. The van der Waals surface area contributed by atoms with Gasteiger partial charge in [0.15, 0.2) is 11.6 Å². The Balaban J connectivity index is 2.60. The number of hydrogen-bond acceptors (Lipinski definition) is 5. The van der Waals surface area contributed by atoms with Crippen LogP contribution in [0.1, 0.15) is 43.5 Å². The zero-order valence-electron chi connectivity index (χ0n) is 15.4. The third kappa shape index (κ3) is 7.71. The summed E-state index contributed by atoms with van der Waals surface area (Å²) in [6.07, 6.45) is -6.95. The van der Waals surface area contributed by atoms with Crippen LogP contribution in [0.2, 0.25) is 0 Å². The van der Waals surface area contributed by atoms with Gasteiger partial charge in [-0.3, -0.25) is 0 Å². The van der Waals surface area contributed by atoms with E-state index in [0.717, 1.165) is 24.6 Å². The van der Waals surface area contributed by atoms with Crippen LogP contribution in [0.4, 0.5) is 17.6 Å². The van der Waals surface area contributed by atoms with Gasteiger partial charge >= 0.3 is 18.1 Å². The number of halogens is 4. The lowest BCUT2D eigenvalue weighted by atomic mass is 10.2. The van der Waals surface area contributed by atoms with Gasteiger partial charge in [0.1, 0.15) is 12.7 Å². The smallest absolute Gasteiger partial charge is 0.425 e. The summed E-state index contributed by atoms with van der Waals surface area (Å²) >= 11 is 0. The molecule has 6 nitrogen and oxygen atoms in total. The number of ether oxygens (including phenoxy) is 3. The second kappa shape index (κ2) is 10.8. The SMILES string of the molecule is CCCCCOC(C(=O)OC(C)COc1ccc(C(=O)O)cc1F)C(F)(F)F. The molecule has 1 rings (SSSR count). The summed E-state index contributed by atoms with van der Waals surface area (Å²) in [7, 11) is 0. The molecule has 2 unspecified atom stereocenters. The van der Waals surface area contributed by atoms with Gasteiger partial charge in [0.2, 0.25) is 0 Å². The van der Waals surface area contributed by atoms with Gasteiger partial charge in [-0.15, -0.1) is 0 Å². The van der Waals surface area contributed by atoms with Crippen LogP contribution in [0.25, 0.3) is 0 Å². The first-order valence-corrected chi connectivity index (χ1v) is 8.60. The van der Waals surface area contributed by atoms with E-state index in [1.165, 1.54) is 6.92 Å². The molecule has 0 bridgehead atoms. The number of carboxylic acids is 1. The van der Waals surface area contributed by atoms with Gasteiger partial charge in [-0.05, 0) is 31.5 Å². The van der Waals surface area contributed by atoms with Crippen LogP contribution >= 0.6 is 0 Å². The molecule has 0 spiro atoms. The second-order valence-electron chi connectivity index (χ2n) is 6.01. The van der Waals surface area contributed by atoms with Gasteiger partial charge in [0.25, 0.3) is 6.10 Å². The molecule has 1 aromatic carbocycles. The third-order valence-electron chi connectivity index (χ3n) is 3.51. The molecule has 28 heavy (non-hydrogen) atoms. The van der Waals surface area contributed by atoms with E-state index >= 15 is 0 Å². The topological polar surface area (TPSA) is 82.1 Å². The molecular formula is C18H22F4O6. The van der Waals surface area contributed by atoms with Gasteiger partial charge in [-0.2, -0.15) is 13.2 Å². The fraction of sp³-hybridized carbons (Fsp3) is 0.556. The van der Waals surface area contributed by atoms with Gasteiger partial charge in [-0.25, -0.2) is 14.0 Å². The highest BCUT2D eigenvalue weighted by atomic mass is 19.4. The van der Waals surface area contributed by atoms with Crippen LogP contribution in [0.15, 0.2) is 18.2 Å². The minimum atomic E-state index is -4.93. The zero-order chi connectivity index (χ0) is 21.3. The monoisotopic (exact) mass is 410 g/mol. The van der Waals surface area contributed by atoms with Crippen molar-refractivity contribution in [2.24, 2.45) is 0 Å². The summed E-state index contributed by atoms with van der Waals surface area (Å²) in [5, 5.41) is 8.76. The van der Waals surface area contributed by atoms with Crippen molar-refractivity contribution in [1.29, 1.82) is 0 Å². The van der Waals surface area contributed by atoms with E-state index in [9.17, 15) is 27.2 Å². The first kappa shape index (κ1) is 23.7. The van der Waals surface area contributed by atoms with Crippen LogP contribution in [0.5, 0.6) is 5.75 Å². The van der Waals surface area contributed by atoms with Crippen LogP contribution in [0.3, 0.4) is 0 Å². The molecule has 1 aromatic rings. The summed E-state index contributed by atoms with van der Waals surface area (Å²) in [4.78, 5) is 22.5.